The Hall–Kier alpha value is -2.06. The standard InChI is InChI=1S/C13H11F3N2O2S/c14-9-2-1-8(11(15)5-9)7-18-13-4-3-10(6-12(13)16)21(17,19)20/h1-6,18H,7H2,(H2,17,19,20). The summed E-state index contributed by atoms with van der Waals surface area (Å²) >= 11 is 0. The molecule has 8 heteroatoms. The van der Waals surface area contributed by atoms with Gasteiger partial charge in [-0.2, -0.15) is 0 Å². The number of rotatable bonds is 4. The first-order valence-corrected chi connectivity index (χ1v) is 7.32. The maximum atomic E-state index is 13.7. The molecule has 0 aromatic heterocycles. The van der Waals surface area contributed by atoms with Crippen molar-refractivity contribution in [2.45, 2.75) is 11.4 Å². The molecular weight excluding hydrogens is 305 g/mol. The number of hydrogen-bond donors (Lipinski definition) is 2. The van der Waals surface area contributed by atoms with E-state index in [1.807, 2.05) is 0 Å². The maximum absolute atomic E-state index is 13.7. The summed E-state index contributed by atoms with van der Waals surface area (Å²) in [5.74, 6) is -2.31. The first-order chi connectivity index (χ1) is 9.77. The molecule has 21 heavy (non-hydrogen) atoms. The summed E-state index contributed by atoms with van der Waals surface area (Å²) in [6.07, 6.45) is 0. The number of primary sulfonamides is 1. The van der Waals surface area contributed by atoms with E-state index in [1.165, 1.54) is 12.1 Å². The fourth-order valence-electron chi connectivity index (χ4n) is 1.67. The van der Waals surface area contributed by atoms with Crippen LogP contribution in [0.25, 0.3) is 0 Å². The van der Waals surface area contributed by atoms with Crippen LogP contribution in [-0.2, 0) is 16.6 Å². The Morgan fingerprint density at radius 3 is 2.29 bits per heavy atom. The summed E-state index contributed by atoms with van der Waals surface area (Å²) in [6, 6.07) is 6.10. The van der Waals surface area contributed by atoms with Crippen LogP contribution in [0.4, 0.5) is 18.9 Å². The van der Waals surface area contributed by atoms with Gasteiger partial charge in [0.15, 0.2) is 0 Å². The van der Waals surface area contributed by atoms with E-state index in [1.54, 1.807) is 0 Å². The lowest BCUT2D eigenvalue weighted by atomic mass is 10.2. The molecule has 0 fully saturated rings. The fourth-order valence-corrected chi connectivity index (χ4v) is 2.20. The highest BCUT2D eigenvalue weighted by Crippen LogP contribution is 2.19. The molecule has 2 aromatic carbocycles. The van der Waals surface area contributed by atoms with Crippen molar-refractivity contribution in [3.8, 4) is 0 Å². The number of nitrogens with two attached hydrogens (primary N) is 1. The predicted octanol–water partition coefficient (Wildman–Crippen LogP) is 2.36. The number of nitrogens with one attached hydrogen (secondary N) is 1. The highest BCUT2D eigenvalue weighted by atomic mass is 32.2. The number of hydrogen-bond acceptors (Lipinski definition) is 3. The molecule has 0 bridgehead atoms. The number of halogens is 3. The van der Waals surface area contributed by atoms with Gasteiger partial charge in [-0.15, -0.1) is 0 Å². The zero-order chi connectivity index (χ0) is 15.6. The molecule has 2 aromatic rings. The summed E-state index contributed by atoms with van der Waals surface area (Å²) in [7, 11) is -3.99. The lowest BCUT2D eigenvalue weighted by molar-refractivity contribution is 0.573. The summed E-state index contributed by atoms with van der Waals surface area (Å²) < 4.78 is 62.0. The van der Waals surface area contributed by atoms with Gasteiger partial charge in [0, 0.05) is 18.2 Å². The molecule has 2 rings (SSSR count). The molecule has 112 valence electrons. The topological polar surface area (TPSA) is 72.2 Å². The van der Waals surface area contributed by atoms with Gasteiger partial charge >= 0.3 is 0 Å². The number of sulfonamides is 1. The third-order valence-electron chi connectivity index (χ3n) is 2.75. The van der Waals surface area contributed by atoms with Gasteiger partial charge in [-0.25, -0.2) is 26.7 Å². The van der Waals surface area contributed by atoms with E-state index in [9.17, 15) is 21.6 Å². The second kappa shape index (κ2) is 5.74. The maximum Gasteiger partial charge on any atom is 0.238 e. The molecule has 0 aliphatic carbocycles. The van der Waals surface area contributed by atoms with Gasteiger partial charge in [0.05, 0.1) is 10.6 Å². The third-order valence-corrected chi connectivity index (χ3v) is 3.66. The van der Waals surface area contributed by atoms with E-state index in [0.717, 1.165) is 24.3 Å². The third kappa shape index (κ3) is 3.73. The fraction of sp³-hybridized carbons (Fsp3) is 0.0769. The molecule has 0 amide bonds. The van der Waals surface area contributed by atoms with Crippen molar-refractivity contribution in [3.63, 3.8) is 0 Å². The monoisotopic (exact) mass is 316 g/mol. The largest absolute Gasteiger partial charge is 0.378 e. The van der Waals surface area contributed by atoms with Crippen molar-refractivity contribution in [2.24, 2.45) is 5.14 Å². The molecule has 0 heterocycles. The Balaban J connectivity index is 2.17. The summed E-state index contributed by atoms with van der Waals surface area (Å²) in [4.78, 5) is -0.362. The van der Waals surface area contributed by atoms with Gasteiger partial charge in [0.2, 0.25) is 10.0 Å². The molecule has 0 aliphatic heterocycles. The van der Waals surface area contributed by atoms with Gasteiger partial charge in [-0.1, -0.05) is 6.07 Å². The molecule has 0 atom stereocenters. The first kappa shape index (κ1) is 15.3. The molecule has 0 radical (unpaired) electrons. The molecule has 0 unspecified atom stereocenters. The molecule has 3 N–H and O–H groups in total. The quantitative estimate of drug-likeness (QED) is 0.909. The van der Waals surface area contributed by atoms with E-state index in [2.05, 4.69) is 5.32 Å². The van der Waals surface area contributed by atoms with Crippen molar-refractivity contribution >= 4 is 15.7 Å². The van der Waals surface area contributed by atoms with Crippen LogP contribution in [0, 0.1) is 17.5 Å². The van der Waals surface area contributed by atoms with Crippen LogP contribution in [0.1, 0.15) is 5.56 Å². The Morgan fingerprint density at radius 1 is 1.00 bits per heavy atom. The van der Waals surface area contributed by atoms with Crippen LogP contribution in [0.2, 0.25) is 0 Å². The Bertz CT molecular complexity index is 779. The van der Waals surface area contributed by atoms with E-state index >= 15 is 0 Å². The molecule has 0 saturated carbocycles. The number of anilines is 1. The highest BCUT2D eigenvalue weighted by Gasteiger charge is 2.12. The molecule has 0 spiro atoms. The van der Waals surface area contributed by atoms with Crippen LogP contribution in [0.3, 0.4) is 0 Å². The smallest absolute Gasteiger partial charge is 0.238 e. The highest BCUT2D eigenvalue weighted by molar-refractivity contribution is 7.89. The minimum atomic E-state index is -3.99. The second-order valence-electron chi connectivity index (χ2n) is 4.28. The van der Waals surface area contributed by atoms with Gasteiger partial charge in [0.1, 0.15) is 17.5 Å². The first-order valence-electron chi connectivity index (χ1n) is 5.77. The van der Waals surface area contributed by atoms with Crippen molar-refractivity contribution in [1.82, 2.24) is 0 Å². The van der Waals surface area contributed by atoms with Crippen molar-refractivity contribution < 1.29 is 21.6 Å². The van der Waals surface area contributed by atoms with Crippen LogP contribution in [0.5, 0.6) is 0 Å². The van der Waals surface area contributed by atoms with Crippen LogP contribution in [-0.4, -0.2) is 8.42 Å². The van der Waals surface area contributed by atoms with Crippen molar-refractivity contribution in [1.29, 1.82) is 0 Å². The van der Waals surface area contributed by atoms with Crippen molar-refractivity contribution in [3.05, 3.63) is 59.4 Å². The van der Waals surface area contributed by atoms with E-state index in [-0.39, 0.29) is 22.7 Å². The minimum Gasteiger partial charge on any atom is -0.378 e. The van der Waals surface area contributed by atoms with Gasteiger partial charge in [-0.05, 0) is 24.3 Å². The molecule has 4 nitrogen and oxygen atoms in total. The minimum absolute atomic E-state index is 0.0221. The van der Waals surface area contributed by atoms with Crippen LogP contribution < -0.4 is 10.5 Å². The average molecular weight is 316 g/mol. The normalized spacial score (nSPS) is 11.4. The average Bonchev–Trinajstić information content (AvgIpc) is 2.38. The number of benzene rings is 2. The second-order valence-corrected chi connectivity index (χ2v) is 5.84. The van der Waals surface area contributed by atoms with Crippen molar-refractivity contribution in [2.75, 3.05) is 5.32 Å². The lowest BCUT2D eigenvalue weighted by Gasteiger charge is -2.09. The van der Waals surface area contributed by atoms with Gasteiger partial charge in [-0.3, -0.25) is 0 Å². The predicted molar refractivity (Wildman–Crippen MR) is 71.5 cm³/mol. The summed E-state index contributed by atoms with van der Waals surface area (Å²) in [5, 5.41) is 7.47. The summed E-state index contributed by atoms with van der Waals surface area (Å²) in [6.45, 7) is -0.0856. The molecular formula is C13H11F3N2O2S. The van der Waals surface area contributed by atoms with Crippen LogP contribution >= 0.6 is 0 Å². The van der Waals surface area contributed by atoms with Gasteiger partial charge < -0.3 is 5.32 Å². The summed E-state index contributed by atoms with van der Waals surface area (Å²) in [5.41, 5.74) is 0.123. The van der Waals surface area contributed by atoms with E-state index in [0.29, 0.717) is 0 Å². The lowest BCUT2D eigenvalue weighted by Crippen LogP contribution is -2.13. The van der Waals surface area contributed by atoms with E-state index < -0.39 is 27.5 Å². The van der Waals surface area contributed by atoms with Gasteiger partial charge in [0.25, 0.3) is 0 Å². The zero-order valence-electron chi connectivity index (χ0n) is 10.6. The zero-order valence-corrected chi connectivity index (χ0v) is 11.4. The van der Waals surface area contributed by atoms with Crippen LogP contribution in [0.15, 0.2) is 41.3 Å². The molecule has 0 aliphatic rings. The Morgan fingerprint density at radius 2 is 1.71 bits per heavy atom. The van der Waals surface area contributed by atoms with E-state index in [4.69, 9.17) is 5.14 Å². The SMILES string of the molecule is NS(=O)(=O)c1ccc(NCc2ccc(F)cc2F)c(F)c1. The Labute approximate surface area is 119 Å². The molecule has 0 saturated heterocycles. The Kier molecular flexibility index (Phi) is 4.19.